The molecule has 1 aromatic rings. The Morgan fingerprint density at radius 3 is 2.71 bits per heavy atom. The van der Waals surface area contributed by atoms with Gasteiger partial charge in [-0.15, -0.1) is 0 Å². The number of aliphatic hydroxyl groups is 1. The second-order valence-electron chi connectivity index (χ2n) is 5.51. The maximum absolute atomic E-state index is 12.2. The molecule has 0 saturated heterocycles. The summed E-state index contributed by atoms with van der Waals surface area (Å²) in [7, 11) is 0. The van der Waals surface area contributed by atoms with Crippen molar-refractivity contribution in [3.05, 3.63) is 28.1 Å². The zero-order valence-corrected chi connectivity index (χ0v) is 12.1. The minimum Gasteiger partial charge on any atom is -0.393 e. The minimum atomic E-state index is -0.495. The van der Waals surface area contributed by atoms with Crippen molar-refractivity contribution >= 4 is 11.6 Å². The number of carbonyl (C=O) groups is 1. The van der Waals surface area contributed by atoms with E-state index in [9.17, 15) is 20.0 Å². The van der Waals surface area contributed by atoms with Crippen LogP contribution in [0.25, 0.3) is 0 Å². The monoisotopic (exact) mass is 295 g/mol. The van der Waals surface area contributed by atoms with Crippen LogP contribution < -0.4 is 5.32 Å². The van der Waals surface area contributed by atoms with Crippen LogP contribution in [0.4, 0.5) is 5.69 Å². The van der Waals surface area contributed by atoms with E-state index in [0.717, 1.165) is 25.7 Å². The number of nitrogens with one attached hydrogen (secondary N) is 1. The van der Waals surface area contributed by atoms with Gasteiger partial charge in [-0.1, -0.05) is 0 Å². The minimum absolute atomic E-state index is 0.0669. The smallest absolute Gasteiger partial charge is 0.287 e. The molecule has 1 aliphatic carbocycles. The van der Waals surface area contributed by atoms with Gasteiger partial charge in [0.2, 0.25) is 0 Å². The molecule has 0 aromatic carbocycles. The van der Waals surface area contributed by atoms with Crippen molar-refractivity contribution in [1.29, 1.82) is 0 Å². The first-order chi connectivity index (χ1) is 10.0. The van der Waals surface area contributed by atoms with Gasteiger partial charge in [0.1, 0.15) is 5.69 Å². The van der Waals surface area contributed by atoms with Crippen molar-refractivity contribution in [3.63, 3.8) is 0 Å². The molecule has 1 aromatic heterocycles. The number of aromatic nitrogens is 1. The molecule has 0 bridgehead atoms. The number of hydrogen-bond acceptors (Lipinski definition) is 4. The van der Waals surface area contributed by atoms with E-state index in [0.29, 0.717) is 24.7 Å². The quantitative estimate of drug-likeness (QED) is 0.638. The van der Waals surface area contributed by atoms with Crippen molar-refractivity contribution in [2.75, 3.05) is 6.54 Å². The van der Waals surface area contributed by atoms with Crippen molar-refractivity contribution in [3.8, 4) is 0 Å². The second kappa shape index (κ2) is 6.71. The summed E-state index contributed by atoms with van der Waals surface area (Å²) in [5.41, 5.74) is 0.253. The fourth-order valence-electron chi connectivity index (χ4n) is 2.72. The van der Waals surface area contributed by atoms with E-state index in [-0.39, 0.29) is 17.7 Å². The highest BCUT2D eigenvalue weighted by Crippen LogP contribution is 2.23. The highest BCUT2D eigenvalue weighted by molar-refractivity contribution is 5.93. The zero-order chi connectivity index (χ0) is 15.4. The molecular weight excluding hydrogens is 274 g/mol. The van der Waals surface area contributed by atoms with Crippen molar-refractivity contribution < 1.29 is 14.8 Å². The molecule has 7 nitrogen and oxygen atoms in total. The molecule has 21 heavy (non-hydrogen) atoms. The number of aliphatic hydroxyl groups excluding tert-OH is 1. The van der Waals surface area contributed by atoms with Crippen LogP contribution in [0.3, 0.4) is 0 Å². The summed E-state index contributed by atoms with van der Waals surface area (Å²) in [5, 5.41) is 23.1. The number of nitro groups is 1. The predicted octanol–water partition coefficient (Wildman–Crippen LogP) is 1.70. The standard InChI is InChI=1S/C14H21N3O4/c1-2-16-9-11(17(20)21)7-13(16)14(19)15-8-10-3-5-12(18)6-4-10/h7,9-10,12,18H,2-6,8H2,1H3,(H,15,19). The van der Waals surface area contributed by atoms with Crippen LogP contribution in [0.5, 0.6) is 0 Å². The first-order valence-electron chi connectivity index (χ1n) is 7.32. The summed E-state index contributed by atoms with van der Waals surface area (Å²) in [5.74, 6) is 0.0912. The predicted molar refractivity (Wildman–Crippen MR) is 77.1 cm³/mol. The Balaban J connectivity index is 1.95. The maximum atomic E-state index is 12.2. The van der Waals surface area contributed by atoms with Crippen molar-refractivity contribution in [2.24, 2.45) is 5.92 Å². The molecule has 1 amide bonds. The van der Waals surface area contributed by atoms with Gasteiger partial charge >= 0.3 is 0 Å². The number of aryl methyl sites for hydroxylation is 1. The Hall–Kier alpha value is -1.89. The molecular formula is C14H21N3O4. The van der Waals surface area contributed by atoms with Gasteiger partial charge in [0.25, 0.3) is 11.6 Å². The third-order valence-electron chi connectivity index (χ3n) is 4.03. The number of nitrogens with zero attached hydrogens (tertiary/aromatic N) is 2. The summed E-state index contributed by atoms with van der Waals surface area (Å²) in [6, 6.07) is 1.31. The highest BCUT2D eigenvalue weighted by atomic mass is 16.6. The summed E-state index contributed by atoms with van der Waals surface area (Å²) in [4.78, 5) is 22.4. The normalized spacial score (nSPS) is 22.0. The summed E-state index contributed by atoms with van der Waals surface area (Å²) < 4.78 is 1.58. The van der Waals surface area contributed by atoms with E-state index in [2.05, 4.69) is 5.32 Å². The average Bonchev–Trinajstić information content (AvgIpc) is 2.91. The summed E-state index contributed by atoms with van der Waals surface area (Å²) in [6.45, 7) is 2.89. The van der Waals surface area contributed by atoms with Gasteiger partial charge in [-0.2, -0.15) is 0 Å². The maximum Gasteiger partial charge on any atom is 0.287 e. The largest absolute Gasteiger partial charge is 0.393 e. The average molecular weight is 295 g/mol. The van der Waals surface area contributed by atoms with E-state index < -0.39 is 4.92 Å². The molecule has 2 rings (SSSR count). The zero-order valence-electron chi connectivity index (χ0n) is 12.1. The highest BCUT2D eigenvalue weighted by Gasteiger charge is 2.22. The molecule has 2 N–H and O–H groups in total. The van der Waals surface area contributed by atoms with Gasteiger partial charge in [0.15, 0.2) is 0 Å². The lowest BCUT2D eigenvalue weighted by molar-refractivity contribution is -0.384. The van der Waals surface area contributed by atoms with Gasteiger partial charge in [-0.25, -0.2) is 0 Å². The lowest BCUT2D eigenvalue weighted by Gasteiger charge is -2.25. The van der Waals surface area contributed by atoms with Crippen LogP contribution in [0.15, 0.2) is 12.3 Å². The van der Waals surface area contributed by atoms with E-state index in [4.69, 9.17) is 0 Å². The van der Waals surface area contributed by atoms with Crippen molar-refractivity contribution in [1.82, 2.24) is 9.88 Å². The fraction of sp³-hybridized carbons (Fsp3) is 0.643. The Labute approximate surface area is 123 Å². The molecule has 7 heteroatoms. The Kier molecular flexibility index (Phi) is 4.95. The van der Waals surface area contributed by atoms with Crippen LogP contribution in [0.1, 0.15) is 43.1 Å². The molecule has 0 radical (unpaired) electrons. The van der Waals surface area contributed by atoms with E-state index in [1.54, 1.807) is 4.57 Å². The van der Waals surface area contributed by atoms with E-state index >= 15 is 0 Å². The number of hydrogen-bond donors (Lipinski definition) is 2. The van der Waals surface area contributed by atoms with Crippen LogP contribution >= 0.6 is 0 Å². The van der Waals surface area contributed by atoms with Gasteiger partial charge in [-0.3, -0.25) is 14.9 Å². The summed E-state index contributed by atoms with van der Waals surface area (Å²) in [6.07, 6.45) is 4.52. The van der Waals surface area contributed by atoms with Gasteiger partial charge < -0.3 is 15.0 Å². The van der Waals surface area contributed by atoms with Gasteiger partial charge in [0, 0.05) is 19.2 Å². The van der Waals surface area contributed by atoms with Crippen LogP contribution in [-0.4, -0.2) is 33.2 Å². The fourth-order valence-corrected chi connectivity index (χ4v) is 2.72. The lowest BCUT2D eigenvalue weighted by atomic mass is 9.87. The number of rotatable bonds is 5. The second-order valence-corrected chi connectivity index (χ2v) is 5.51. The molecule has 0 atom stereocenters. The van der Waals surface area contributed by atoms with Gasteiger partial charge in [-0.05, 0) is 38.5 Å². The van der Waals surface area contributed by atoms with Crippen molar-refractivity contribution in [2.45, 2.75) is 45.3 Å². The molecule has 1 fully saturated rings. The van der Waals surface area contributed by atoms with Crippen LogP contribution in [0.2, 0.25) is 0 Å². The SMILES string of the molecule is CCn1cc([N+](=O)[O-])cc1C(=O)NCC1CCC(O)CC1. The molecule has 0 spiro atoms. The van der Waals surface area contributed by atoms with Crippen LogP contribution in [-0.2, 0) is 6.54 Å². The van der Waals surface area contributed by atoms with E-state index in [1.807, 2.05) is 6.92 Å². The molecule has 1 saturated carbocycles. The lowest BCUT2D eigenvalue weighted by Crippen LogP contribution is -2.33. The third kappa shape index (κ3) is 3.81. The number of amides is 1. The molecule has 1 heterocycles. The topological polar surface area (TPSA) is 97.4 Å². The Morgan fingerprint density at radius 1 is 1.48 bits per heavy atom. The number of carbonyl (C=O) groups excluding carboxylic acids is 1. The Morgan fingerprint density at radius 2 is 2.14 bits per heavy atom. The molecule has 1 aliphatic rings. The first-order valence-corrected chi connectivity index (χ1v) is 7.32. The molecule has 0 unspecified atom stereocenters. The first kappa shape index (κ1) is 15.5. The molecule has 0 aliphatic heterocycles. The van der Waals surface area contributed by atoms with E-state index in [1.165, 1.54) is 12.3 Å². The van der Waals surface area contributed by atoms with Crippen LogP contribution in [0, 0.1) is 16.0 Å². The third-order valence-corrected chi connectivity index (χ3v) is 4.03. The Bertz CT molecular complexity index is 518. The summed E-state index contributed by atoms with van der Waals surface area (Å²) >= 11 is 0. The van der Waals surface area contributed by atoms with Gasteiger partial charge in [0.05, 0.1) is 17.2 Å². The molecule has 116 valence electrons.